The minimum absolute atomic E-state index is 0.411. The van der Waals surface area contributed by atoms with Crippen LogP contribution in [0.3, 0.4) is 0 Å². The summed E-state index contributed by atoms with van der Waals surface area (Å²) in [5, 5.41) is 0. The van der Waals surface area contributed by atoms with Crippen LogP contribution in [-0.4, -0.2) is 38.7 Å². The summed E-state index contributed by atoms with van der Waals surface area (Å²) in [5.74, 6) is 0.987. The molecule has 2 unspecified atom stereocenters. The molecule has 1 aliphatic rings. The second-order valence-electron chi connectivity index (χ2n) is 6.82. The number of rotatable bonds is 6. The number of hydrogen-bond acceptors (Lipinski definition) is 3. The van der Waals surface area contributed by atoms with Crippen LogP contribution in [0.4, 0.5) is 0 Å². The monoisotopic (exact) mass is 370 g/mol. The summed E-state index contributed by atoms with van der Waals surface area (Å²) in [5.41, 5.74) is 2.77. The fourth-order valence-electron chi connectivity index (χ4n) is 3.25. The molecular weight excluding hydrogens is 344 g/mol. The lowest BCUT2D eigenvalue weighted by Gasteiger charge is -2.42. The summed E-state index contributed by atoms with van der Waals surface area (Å²) in [4.78, 5) is 4.92. The van der Waals surface area contributed by atoms with E-state index in [1.807, 2.05) is 0 Å². The van der Waals surface area contributed by atoms with Crippen LogP contribution in [-0.2, 0) is 12.8 Å². The van der Waals surface area contributed by atoms with Crippen LogP contribution in [0.15, 0.2) is 60.7 Å². The number of thioether (sulfide) groups is 1. The minimum atomic E-state index is 0.411. The van der Waals surface area contributed by atoms with Crippen LogP contribution in [0.25, 0.3) is 0 Å². The van der Waals surface area contributed by atoms with E-state index >= 15 is 0 Å². The Morgan fingerprint density at radius 1 is 0.880 bits per heavy atom. The highest BCUT2D eigenvalue weighted by Gasteiger charge is 2.28. The van der Waals surface area contributed by atoms with E-state index in [9.17, 15) is 0 Å². The summed E-state index contributed by atoms with van der Waals surface area (Å²) >= 11 is 7.45. The predicted molar refractivity (Wildman–Crippen MR) is 113 cm³/mol. The van der Waals surface area contributed by atoms with Crippen LogP contribution < -0.4 is 0 Å². The third kappa shape index (κ3) is 5.06. The Morgan fingerprint density at radius 2 is 1.40 bits per heavy atom. The second-order valence-corrected chi connectivity index (χ2v) is 8.40. The maximum Gasteiger partial charge on any atom is 0.138 e. The van der Waals surface area contributed by atoms with E-state index in [0.717, 1.165) is 29.7 Å². The van der Waals surface area contributed by atoms with Crippen molar-refractivity contribution in [3.8, 4) is 0 Å². The molecule has 0 N–H and O–H groups in total. The van der Waals surface area contributed by atoms with Crippen LogP contribution in [0.2, 0.25) is 0 Å². The van der Waals surface area contributed by atoms with Gasteiger partial charge in [0.1, 0.15) is 4.32 Å². The van der Waals surface area contributed by atoms with E-state index in [0.29, 0.717) is 12.1 Å². The van der Waals surface area contributed by atoms with Crippen molar-refractivity contribution in [1.29, 1.82) is 0 Å². The normalized spacial score (nSPS) is 18.2. The van der Waals surface area contributed by atoms with E-state index in [1.54, 1.807) is 11.8 Å². The first kappa shape index (κ1) is 18.4. The third-order valence-corrected chi connectivity index (χ3v) is 6.36. The highest BCUT2D eigenvalue weighted by Crippen LogP contribution is 2.25. The largest absolute Gasteiger partial charge is 0.341 e. The van der Waals surface area contributed by atoms with E-state index in [4.69, 9.17) is 12.2 Å². The van der Waals surface area contributed by atoms with Crippen molar-refractivity contribution in [2.24, 2.45) is 0 Å². The van der Waals surface area contributed by atoms with Crippen molar-refractivity contribution in [2.45, 2.75) is 38.8 Å². The van der Waals surface area contributed by atoms with Crippen molar-refractivity contribution in [3.05, 3.63) is 71.8 Å². The quantitative estimate of drug-likeness (QED) is 0.674. The summed E-state index contributed by atoms with van der Waals surface area (Å²) < 4.78 is 1.03. The van der Waals surface area contributed by atoms with Gasteiger partial charge in [-0.1, -0.05) is 84.6 Å². The van der Waals surface area contributed by atoms with E-state index in [1.165, 1.54) is 11.1 Å². The number of thiocarbonyl (C=S) groups is 1. The Morgan fingerprint density at radius 3 is 1.96 bits per heavy atom. The summed E-state index contributed by atoms with van der Waals surface area (Å²) in [6, 6.07) is 22.4. The van der Waals surface area contributed by atoms with Crippen LogP contribution in [0, 0.1) is 0 Å². The van der Waals surface area contributed by atoms with Crippen molar-refractivity contribution in [3.63, 3.8) is 0 Å². The lowest BCUT2D eigenvalue weighted by molar-refractivity contribution is 0.142. The van der Waals surface area contributed by atoms with Gasteiger partial charge in [-0.05, 0) is 37.8 Å². The molecule has 2 aromatic carbocycles. The van der Waals surface area contributed by atoms with Crippen molar-refractivity contribution < 1.29 is 0 Å². The smallest absolute Gasteiger partial charge is 0.138 e. The molecule has 3 rings (SSSR count). The highest BCUT2D eigenvalue weighted by molar-refractivity contribution is 8.22. The first-order chi connectivity index (χ1) is 12.1. The van der Waals surface area contributed by atoms with Gasteiger partial charge in [0.05, 0.1) is 12.5 Å². The van der Waals surface area contributed by atoms with E-state index in [2.05, 4.69) is 84.3 Å². The highest BCUT2D eigenvalue weighted by atomic mass is 32.2. The van der Waals surface area contributed by atoms with E-state index < -0.39 is 0 Å². The Bertz CT molecular complexity index is 675. The zero-order valence-corrected chi connectivity index (χ0v) is 16.6. The van der Waals surface area contributed by atoms with Gasteiger partial charge in [0.25, 0.3) is 0 Å². The maximum atomic E-state index is 5.65. The molecular formula is C21H26N2S2. The summed E-state index contributed by atoms with van der Waals surface area (Å²) in [6.45, 7) is 5.53. The molecule has 0 spiro atoms. The van der Waals surface area contributed by atoms with Crippen LogP contribution >= 0.6 is 24.0 Å². The topological polar surface area (TPSA) is 6.48 Å². The zero-order chi connectivity index (χ0) is 17.6. The Labute approximate surface area is 161 Å². The maximum absolute atomic E-state index is 5.65. The van der Waals surface area contributed by atoms with Gasteiger partial charge in [0, 0.05) is 12.1 Å². The van der Waals surface area contributed by atoms with Crippen LogP contribution in [0.1, 0.15) is 25.0 Å². The molecule has 132 valence electrons. The molecule has 0 aromatic heterocycles. The molecule has 1 fully saturated rings. The molecule has 0 radical (unpaired) electrons. The van der Waals surface area contributed by atoms with Gasteiger partial charge in [0.15, 0.2) is 0 Å². The minimum Gasteiger partial charge on any atom is -0.341 e. The molecule has 0 amide bonds. The van der Waals surface area contributed by atoms with Gasteiger partial charge in [-0.15, -0.1) is 0 Å². The fraction of sp³-hybridized carbons (Fsp3) is 0.381. The predicted octanol–water partition coefficient (Wildman–Crippen LogP) is 4.80. The molecule has 2 atom stereocenters. The van der Waals surface area contributed by atoms with Gasteiger partial charge in [-0.3, -0.25) is 4.90 Å². The average Bonchev–Trinajstić information content (AvgIpc) is 2.63. The number of nitrogens with zero attached hydrogens (tertiary/aromatic N) is 2. The third-order valence-electron chi connectivity index (χ3n) is 4.83. The van der Waals surface area contributed by atoms with Gasteiger partial charge in [-0.2, -0.15) is 0 Å². The van der Waals surface area contributed by atoms with Gasteiger partial charge in [0.2, 0.25) is 0 Å². The molecule has 0 aliphatic carbocycles. The molecule has 1 aliphatic heterocycles. The Hall–Kier alpha value is -1.36. The second kappa shape index (κ2) is 8.84. The Balaban J connectivity index is 1.61. The molecule has 1 heterocycles. The lowest BCUT2D eigenvalue weighted by atomic mass is 10.1. The summed E-state index contributed by atoms with van der Waals surface area (Å²) in [6.07, 6.45) is 2.11. The van der Waals surface area contributed by atoms with Crippen molar-refractivity contribution in [1.82, 2.24) is 9.80 Å². The lowest BCUT2D eigenvalue weighted by Crippen LogP contribution is -2.52. The molecule has 2 aromatic rings. The molecule has 1 saturated heterocycles. The van der Waals surface area contributed by atoms with Gasteiger partial charge in [-0.25, -0.2) is 0 Å². The first-order valence-corrected chi connectivity index (χ1v) is 10.3. The molecule has 0 bridgehead atoms. The molecule has 2 nitrogen and oxygen atoms in total. The standard InChI is InChI=1S/C21H26N2S2/c1-17(13-19-9-5-3-6-10-19)22-15-23(21(24)25-16-22)18(2)14-20-11-7-4-8-12-20/h3-12,17-18H,13-16H2,1-2H3. The fourth-order valence-corrected chi connectivity index (χ4v) is 4.66. The van der Waals surface area contributed by atoms with Gasteiger partial charge < -0.3 is 4.90 Å². The molecule has 25 heavy (non-hydrogen) atoms. The summed E-state index contributed by atoms with van der Waals surface area (Å²) in [7, 11) is 0. The van der Waals surface area contributed by atoms with Crippen molar-refractivity contribution >= 4 is 28.3 Å². The first-order valence-electron chi connectivity index (χ1n) is 8.89. The zero-order valence-electron chi connectivity index (χ0n) is 15.0. The van der Waals surface area contributed by atoms with E-state index in [-0.39, 0.29) is 0 Å². The number of benzene rings is 2. The average molecular weight is 371 g/mol. The Kier molecular flexibility index (Phi) is 6.51. The number of hydrogen-bond donors (Lipinski definition) is 0. The molecule has 0 saturated carbocycles. The molecule has 4 heteroatoms. The van der Waals surface area contributed by atoms with Gasteiger partial charge >= 0.3 is 0 Å². The SMILES string of the molecule is CC(Cc1ccccc1)N1CSC(=S)N(C(C)Cc2ccccc2)C1. The van der Waals surface area contributed by atoms with Crippen LogP contribution in [0.5, 0.6) is 0 Å². The van der Waals surface area contributed by atoms with Crippen molar-refractivity contribution in [2.75, 3.05) is 12.5 Å².